The molecule has 0 bridgehead atoms. The Balaban J connectivity index is 1.63. The molecule has 1 N–H and O–H groups in total. The van der Waals surface area contributed by atoms with Crippen LogP contribution < -0.4 is 5.32 Å². The molecule has 0 atom stereocenters. The number of amides is 2. The summed E-state index contributed by atoms with van der Waals surface area (Å²) in [5.41, 5.74) is 1.86. The predicted molar refractivity (Wildman–Crippen MR) is 103 cm³/mol. The minimum Gasteiger partial charge on any atom is -0.337 e. The molecule has 1 saturated heterocycles. The van der Waals surface area contributed by atoms with Crippen LogP contribution in [0, 0.1) is 5.82 Å². The molecule has 0 aromatic heterocycles. The van der Waals surface area contributed by atoms with Crippen molar-refractivity contribution in [1.29, 1.82) is 0 Å². The van der Waals surface area contributed by atoms with E-state index < -0.39 is 0 Å². The molecule has 0 saturated carbocycles. The Bertz CT molecular complexity index is 825. The van der Waals surface area contributed by atoms with Crippen molar-refractivity contribution >= 4 is 17.5 Å². The van der Waals surface area contributed by atoms with E-state index in [2.05, 4.69) is 10.2 Å². The van der Waals surface area contributed by atoms with Crippen molar-refractivity contribution in [2.75, 3.05) is 31.5 Å². The van der Waals surface area contributed by atoms with E-state index >= 15 is 0 Å². The van der Waals surface area contributed by atoms with E-state index in [9.17, 15) is 14.0 Å². The lowest BCUT2D eigenvalue weighted by atomic mass is 10.1. The minimum atomic E-state index is -0.190. The summed E-state index contributed by atoms with van der Waals surface area (Å²) in [5.74, 6) is -0.405. The van der Waals surface area contributed by atoms with Gasteiger partial charge in [-0.05, 0) is 30.7 Å². The monoisotopic (exact) mass is 369 g/mol. The number of anilines is 1. The number of benzene rings is 2. The normalized spacial score (nSPS) is 15.3. The van der Waals surface area contributed by atoms with Gasteiger partial charge in [0, 0.05) is 56.5 Å². The second kappa shape index (κ2) is 8.77. The third-order valence-electron chi connectivity index (χ3n) is 4.66. The molecular formula is C21H24FN3O2. The van der Waals surface area contributed by atoms with E-state index in [4.69, 9.17) is 0 Å². The Morgan fingerprint density at radius 2 is 1.85 bits per heavy atom. The third kappa shape index (κ3) is 5.14. The quantitative estimate of drug-likeness (QED) is 0.901. The van der Waals surface area contributed by atoms with Crippen molar-refractivity contribution < 1.29 is 14.0 Å². The van der Waals surface area contributed by atoms with Crippen LogP contribution in [0.25, 0.3) is 0 Å². The molecular weight excluding hydrogens is 345 g/mol. The van der Waals surface area contributed by atoms with E-state index in [1.165, 1.54) is 13.0 Å². The number of hydrogen-bond donors (Lipinski definition) is 1. The molecule has 0 unspecified atom stereocenters. The SMILES string of the molecule is CC(=O)Nc1cccc(C(=O)N2CCCN(Cc3ccccc3F)CC2)c1. The summed E-state index contributed by atoms with van der Waals surface area (Å²) in [6.45, 7) is 4.77. The van der Waals surface area contributed by atoms with Crippen LogP contribution in [-0.4, -0.2) is 47.8 Å². The fourth-order valence-electron chi connectivity index (χ4n) is 3.32. The summed E-state index contributed by atoms with van der Waals surface area (Å²) < 4.78 is 13.9. The maximum atomic E-state index is 13.9. The first-order valence-corrected chi connectivity index (χ1v) is 9.15. The molecule has 2 aromatic carbocycles. The summed E-state index contributed by atoms with van der Waals surface area (Å²) >= 11 is 0. The Kier molecular flexibility index (Phi) is 6.19. The lowest BCUT2D eigenvalue weighted by molar-refractivity contribution is -0.114. The zero-order valence-electron chi connectivity index (χ0n) is 15.5. The van der Waals surface area contributed by atoms with Gasteiger partial charge in [0.15, 0.2) is 0 Å². The van der Waals surface area contributed by atoms with Gasteiger partial charge in [0.2, 0.25) is 5.91 Å². The van der Waals surface area contributed by atoms with Gasteiger partial charge in [0.25, 0.3) is 5.91 Å². The molecule has 5 nitrogen and oxygen atoms in total. The van der Waals surface area contributed by atoms with Crippen LogP contribution in [0.5, 0.6) is 0 Å². The van der Waals surface area contributed by atoms with Crippen LogP contribution in [-0.2, 0) is 11.3 Å². The first kappa shape index (κ1) is 19.0. The number of nitrogens with zero attached hydrogens (tertiary/aromatic N) is 2. The molecule has 2 aromatic rings. The van der Waals surface area contributed by atoms with Crippen molar-refractivity contribution in [3.63, 3.8) is 0 Å². The molecule has 1 fully saturated rings. The number of nitrogens with one attached hydrogen (secondary N) is 1. The van der Waals surface area contributed by atoms with Crippen molar-refractivity contribution in [2.24, 2.45) is 0 Å². The van der Waals surface area contributed by atoms with Crippen molar-refractivity contribution in [3.8, 4) is 0 Å². The van der Waals surface area contributed by atoms with E-state index in [0.717, 1.165) is 13.0 Å². The second-order valence-corrected chi connectivity index (χ2v) is 6.78. The van der Waals surface area contributed by atoms with Gasteiger partial charge in [-0.25, -0.2) is 4.39 Å². The molecule has 2 amide bonds. The number of carbonyl (C=O) groups excluding carboxylic acids is 2. The predicted octanol–water partition coefficient (Wildman–Crippen LogP) is 3.13. The molecule has 0 aliphatic carbocycles. The molecule has 1 aliphatic rings. The van der Waals surface area contributed by atoms with Gasteiger partial charge >= 0.3 is 0 Å². The summed E-state index contributed by atoms with van der Waals surface area (Å²) in [6, 6.07) is 13.8. The molecule has 1 aliphatic heterocycles. The van der Waals surface area contributed by atoms with Gasteiger partial charge in [-0.15, -0.1) is 0 Å². The second-order valence-electron chi connectivity index (χ2n) is 6.78. The fourth-order valence-corrected chi connectivity index (χ4v) is 3.32. The lowest BCUT2D eigenvalue weighted by Crippen LogP contribution is -2.35. The molecule has 6 heteroatoms. The summed E-state index contributed by atoms with van der Waals surface area (Å²) in [7, 11) is 0. The van der Waals surface area contributed by atoms with Crippen molar-refractivity contribution in [2.45, 2.75) is 19.9 Å². The van der Waals surface area contributed by atoms with Crippen LogP contribution in [0.3, 0.4) is 0 Å². The first-order valence-electron chi connectivity index (χ1n) is 9.15. The highest BCUT2D eigenvalue weighted by Gasteiger charge is 2.21. The summed E-state index contributed by atoms with van der Waals surface area (Å²) in [4.78, 5) is 28.1. The average Bonchev–Trinajstić information content (AvgIpc) is 2.88. The zero-order chi connectivity index (χ0) is 19.2. The average molecular weight is 369 g/mol. The maximum Gasteiger partial charge on any atom is 0.253 e. The van der Waals surface area contributed by atoms with Crippen LogP contribution in [0.15, 0.2) is 48.5 Å². The van der Waals surface area contributed by atoms with Crippen LogP contribution in [0.1, 0.15) is 29.3 Å². The zero-order valence-corrected chi connectivity index (χ0v) is 15.5. The topological polar surface area (TPSA) is 52.7 Å². The van der Waals surface area contributed by atoms with Gasteiger partial charge in [-0.3, -0.25) is 14.5 Å². The molecule has 3 rings (SSSR count). The van der Waals surface area contributed by atoms with Gasteiger partial charge in [-0.2, -0.15) is 0 Å². The molecule has 1 heterocycles. The van der Waals surface area contributed by atoms with Gasteiger partial charge < -0.3 is 10.2 Å². The minimum absolute atomic E-state index is 0.0463. The maximum absolute atomic E-state index is 13.9. The van der Waals surface area contributed by atoms with E-state index in [1.54, 1.807) is 36.4 Å². The van der Waals surface area contributed by atoms with Crippen molar-refractivity contribution in [3.05, 3.63) is 65.5 Å². The van der Waals surface area contributed by atoms with Crippen LogP contribution >= 0.6 is 0 Å². The lowest BCUT2D eigenvalue weighted by Gasteiger charge is -2.22. The Labute approximate surface area is 158 Å². The highest BCUT2D eigenvalue weighted by molar-refractivity contribution is 5.96. The smallest absolute Gasteiger partial charge is 0.253 e. The summed E-state index contributed by atoms with van der Waals surface area (Å²) in [6.07, 6.45) is 0.839. The standard InChI is InChI=1S/C21H24FN3O2/c1-16(26)23-19-8-4-7-17(14-19)21(27)25-11-5-10-24(12-13-25)15-18-6-2-3-9-20(18)22/h2-4,6-9,14H,5,10-13,15H2,1H3,(H,23,26). The third-order valence-corrected chi connectivity index (χ3v) is 4.66. The van der Waals surface area contributed by atoms with Gasteiger partial charge in [0.1, 0.15) is 5.82 Å². The first-order chi connectivity index (χ1) is 13.0. The highest BCUT2D eigenvalue weighted by atomic mass is 19.1. The highest BCUT2D eigenvalue weighted by Crippen LogP contribution is 2.16. The number of carbonyl (C=O) groups is 2. The number of rotatable bonds is 4. The van der Waals surface area contributed by atoms with Crippen molar-refractivity contribution in [1.82, 2.24) is 9.80 Å². The van der Waals surface area contributed by atoms with Gasteiger partial charge in [-0.1, -0.05) is 24.3 Å². The summed E-state index contributed by atoms with van der Waals surface area (Å²) in [5, 5.41) is 2.70. The molecule has 0 spiro atoms. The van der Waals surface area contributed by atoms with E-state index in [0.29, 0.717) is 43.0 Å². The Morgan fingerprint density at radius 1 is 1.04 bits per heavy atom. The number of hydrogen-bond acceptors (Lipinski definition) is 3. The van der Waals surface area contributed by atoms with Gasteiger partial charge in [0.05, 0.1) is 0 Å². The van der Waals surface area contributed by atoms with Crippen LogP contribution in [0.4, 0.5) is 10.1 Å². The molecule has 27 heavy (non-hydrogen) atoms. The van der Waals surface area contributed by atoms with Crippen LogP contribution in [0.2, 0.25) is 0 Å². The van der Waals surface area contributed by atoms with E-state index in [-0.39, 0.29) is 17.6 Å². The molecule has 0 radical (unpaired) electrons. The molecule has 142 valence electrons. The largest absolute Gasteiger partial charge is 0.337 e. The fraction of sp³-hybridized carbons (Fsp3) is 0.333. The Morgan fingerprint density at radius 3 is 2.63 bits per heavy atom. The van der Waals surface area contributed by atoms with E-state index in [1.807, 2.05) is 11.0 Å². The Hall–Kier alpha value is -2.73. The number of halogens is 1.